The van der Waals surface area contributed by atoms with E-state index in [1.807, 2.05) is 78.9 Å². The summed E-state index contributed by atoms with van der Waals surface area (Å²) >= 11 is 3.45. The second-order valence-corrected chi connectivity index (χ2v) is 6.83. The maximum Gasteiger partial charge on any atom is 0.285 e. The van der Waals surface area contributed by atoms with Crippen LogP contribution in [0.4, 0.5) is 5.69 Å². The molecular weight excluding hydrogens is 404 g/mol. The number of hydrogen-bond donors (Lipinski definition) is 0. The summed E-state index contributed by atoms with van der Waals surface area (Å²) in [5.74, 6) is 0. The molecule has 0 spiro atoms. The van der Waals surface area contributed by atoms with Crippen molar-refractivity contribution in [1.82, 2.24) is 4.57 Å². The van der Waals surface area contributed by atoms with Crippen LogP contribution in [0.1, 0.15) is 0 Å². The van der Waals surface area contributed by atoms with Gasteiger partial charge in [-0.2, -0.15) is 0 Å². The lowest BCUT2D eigenvalue weighted by molar-refractivity contribution is -0.385. The van der Waals surface area contributed by atoms with Crippen LogP contribution in [0.15, 0.2) is 95.5 Å². The molecule has 5 heteroatoms. The number of rotatable bonds is 4. The van der Waals surface area contributed by atoms with Crippen LogP contribution in [0.25, 0.3) is 28.2 Å². The fourth-order valence-corrected chi connectivity index (χ4v) is 3.77. The number of nitrogens with zero attached hydrogens (tertiary/aromatic N) is 2. The third-order valence-electron chi connectivity index (χ3n) is 4.42. The number of aromatic nitrogens is 1. The Morgan fingerprint density at radius 3 is 1.70 bits per heavy atom. The lowest BCUT2D eigenvalue weighted by Gasteiger charge is -2.16. The van der Waals surface area contributed by atoms with E-state index in [9.17, 15) is 10.1 Å². The molecule has 1 aromatic heterocycles. The van der Waals surface area contributed by atoms with E-state index in [1.165, 1.54) is 6.07 Å². The molecule has 0 atom stereocenters. The molecule has 0 aliphatic carbocycles. The fourth-order valence-electron chi connectivity index (χ4n) is 3.19. The molecule has 0 saturated heterocycles. The van der Waals surface area contributed by atoms with Crippen LogP contribution in [0.3, 0.4) is 0 Å². The van der Waals surface area contributed by atoms with Crippen molar-refractivity contribution >= 4 is 21.6 Å². The van der Waals surface area contributed by atoms with Crippen LogP contribution in [-0.2, 0) is 0 Å². The average molecular weight is 419 g/mol. The Morgan fingerprint density at radius 1 is 0.704 bits per heavy atom. The first-order valence-corrected chi connectivity index (χ1v) is 9.22. The Labute approximate surface area is 165 Å². The molecule has 0 aliphatic heterocycles. The van der Waals surface area contributed by atoms with Crippen molar-refractivity contribution in [1.29, 1.82) is 0 Å². The SMILES string of the molecule is O=[N+]([O-])c1cccc(-n2c(-c3ccccc3)ccc2-c2ccccc2)c1Br. The Hall–Kier alpha value is -3.18. The zero-order valence-electron chi connectivity index (χ0n) is 14.2. The molecule has 3 aromatic carbocycles. The predicted molar refractivity (Wildman–Crippen MR) is 111 cm³/mol. The molecule has 0 aliphatic rings. The van der Waals surface area contributed by atoms with E-state index in [2.05, 4.69) is 20.5 Å². The molecule has 0 radical (unpaired) electrons. The van der Waals surface area contributed by atoms with Crippen LogP contribution in [0, 0.1) is 10.1 Å². The lowest BCUT2D eigenvalue weighted by atomic mass is 10.1. The molecule has 1 heterocycles. The first kappa shape index (κ1) is 17.2. The monoisotopic (exact) mass is 418 g/mol. The van der Waals surface area contributed by atoms with Gasteiger partial charge in [0, 0.05) is 6.07 Å². The van der Waals surface area contributed by atoms with Crippen molar-refractivity contribution in [2.24, 2.45) is 0 Å². The smallest absolute Gasteiger partial charge is 0.285 e. The summed E-state index contributed by atoms with van der Waals surface area (Å²) in [4.78, 5) is 11.0. The molecule has 4 nitrogen and oxygen atoms in total. The summed E-state index contributed by atoms with van der Waals surface area (Å²) in [5, 5.41) is 11.4. The molecule has 0 bridgehead atoms. The molecular formula is C22H15BrN2O2. The van der Waals surface area contributed by atoms with Crippen LogP contribution in [0.2, 0.25) is 0 Å². The van der Waals surface area contributed by atoms with Crippen LogP contribution < -0.4 is 0 Å². The molecule has 0 amide bonds. The van der Waals surface area contributed by atoms with E-state index in [0.717, 1.165) is 28.2 Å². The van der Waals surface area contributed by atoms with Gasteiger partial charge < -0.3 is 4.57 Å². The third-order valence-corrected chi connectivity index (χ3v) is 5.23. The van der Waals surface area contributed by atoms with Crippen LogP contribution in [0.5, 0.6) is 0 Å². The fraction of sp³-hybridized carbons (Fsp3) is 0. The van der Waals surface area contributed by atoms with Gasteiger partial charge in [-0.15, -0.1) is 0 Å². The van der Waals surface area contributed by atoms with Crippen molar-refractivity contribution in [3.8, 4) is 28.2 Å². The molecule has 0 unspecified atom stereocenters. The summed E-state index contributed by atoms with van der Waals surface area (Å²) in [6.45, 7) is 0. The van der Waals surface area contributed by atoms with Gasteiger partial charge in [0.15, 0.2) is 0 Å². The zero-order chi connectivity index (χ0) is 18.8. The van der Waals surface area contributed by atoms with E-state index in [1.54, 1.807) is 6.07 Å². The van der Waals surface area contributed by atoms with Gasteiger partial charge in [-0.25, -0.2) is 0 Å². The highest BCUT2D eigenvalue weighted by molar-refractivity contribution is 9.10. The molecule has 4 aromatic rings. The van der Waals surface area contributed by atoms with Gasteiger partial charge in [0.1, 0.15) is 4.47 Å². The first-order valence-electron chi connectivity index (χ1n) is 8.42. The lowest BCUT2D eigenvalue weighted by Crippen LogP contribution is -2.02. The molecule has 4 rings (SSSR count). The standard InChI is InChI=1S/C22H15BrN2O2/c23-22-20(12-7-13-21(22)25(26)27)24-18(16-8-3-1-4-9-16)14-15-19(24)17-10-5-2-6-11-17/h1-15H. The summed E-state index contributed by atoms with van der Waals surface area (Å²) in [7, 11) is 0. The molecule has 27 heavy (non-hydrogen) atoms. The van der Waals surface area contributed by atoms with E-state index >= 15 is 0 Å². The summed E-state index contributed by atoms with van der Waals surface area (Å²) in [6.07, 6.45) is 0. The number of nitro benzene ring substituents is 1. The van der Waals surface area contributed by atoms with Gasteiger partial charge in [-0.05, 0) is 45.3 Å². The van der Waals surface area contributed by atoms with Gasteiger partial charge >= 0.3 is 0 Å². The second kappa shape index (κ2) is 7.21. The highest BCUT2D eigenvalue weighted by Gasteiger charge is 2.20. The molecule has 0 N–H and O–H groups in total. The second-order valence-electron chi connectivity index (χ2n) is 6.04. The van der Waals surface area contributed by atoms with Crippen molar-refractivity contribution in [2.75, 3.05) is 0 Å². The van der Waals surface area contributed by atoms with E-state index in [0.29, 0.717) is 4.47 Å². The van der Waals surface area contributed by atoms with Crippen molar-refractivity contribution in [3.63, 3.8) is 0 Å². The van der Waals surface area contributed by atoms with Crippen LogP contribution >= 0.6 is 15.9 Å². The maximum atomic E-state index is 11.4. The Kier molecular flexibility index (Phi) is 4.60. The minimum absolute atomic E-state index is 0.0409. The summed E-state index contributed by atoms with van der Waals surface area (Å²) in [5.41, 5.74) is 4.79. The third kappa shape index (κ3) is 3.17. The van der Waals surface area contributed by atoms with Gasteiger partial charge in [0.25, 0.3) is 5.69 Å². The first-order chi connectivity index (χ1) is 13.2. The van der Waals surface area contributed by atoms with Gasteiger partial charge in [-0.3, -0.25) is 10.1 Å². The largest absolute Gasteiger partial charge is 0.308 e. The summed E-state index contributed by atoms with van der Waals surface area (Å²) in [6, 6.07) is 29.2. The van der Waals surface area contributed by atoms with E-state index in [4.69, 9.17) is 0 Å². The minimum Gasteiger partial charge on any atom is -0.308 e. The Balaban J connectivity index is 2.02. The van der Waals surface area contributed by atoms with E-state index < -0.39 is 0 Å². The predicted octanol–water partition coefficient (Wildman–Crippen LogP) is 6.48. The average Bonchev–Trinajstić information content (AvgIpc) is 3.14. The summed E-state index contributed by atoms with van der Waals surface area (Å²) < 4.78 is 2.52. The van der Waals surface area contributed by atoms with Gasteiger partial charge in [0.05, 0.1) is 22.0 Å². The number of hydrogen-bond acceptors (Lipinski definition) is 2. The highest BCUT2D eigenvalue weighted by atomic mass is 79.9. The number of nitro groups is 1. The van der Waals surface area contributed by atoms with E-state index in [-0.39, 0.29) is 10.6 Å². The zero-order valence-corrected chi connectivity index (χ0v) is 15.8. The molecule has 0 fully saturated rings. The van der Waals surface area contributed by atoms with Gasteiger partial charge in [0.2, 0.25) is 0 Å². The minimum atomic E-state index is -0.374. The van der Waals surface area contributed by atoms with Crippen molar-refractivity contribution in [3.05, 3.63) is 106 Å². The van der Waals surface area contributed by atoms with Crippen molar-refractivity contribution in [2.45, 2.75) is 0 Å². The highest BCUT2D eigenvalue weighted by Crippen LogP contribution is 2.38. The number of halogens is 1. The topological polar surface area (TPSA) is 48.1 Å². The van der Waals surface area contributed by atoms with Crippen LogP contribution in [-0.4, -0.2) is 9.49 Å². The Bertz CT molecular complexity index is 1050. The normalized spacial score (nSPS) is 10.7. The number of benzene rings is 3. The molecule has 132 valence electrons. The maximum absolute atomic E-state index is 11.4. The quantitative estimate of drug-likeness (QED) is 0.281. The van der Waals surface area contributed by atoms with Gasteiger partial charge in [-0.1, -0.05) is 66.7 Å². The molecule has 0 saturated carbocycles. The van der Waals surface area contributed by atoms with Crippen molar-refractivity contribution < 1.29 is 4.92 Å². The Morgan fingerprint density at radius 2 is 1.22 bits per heavy atom.